The maximum Gasteiger partial charge on any atom is 0.223 e. The normalized spacial score (nSPS) is 15.4. The third-order valence-electron chi connectivity index (χ3n) is 5.27. The number of hydrogen-bond donors (Lipinski definition) is 1. The van der Waals surface area contributed by atoms with Crippen LogP contribution in [-0.4, -0.2) is 36.2 Å². The van der Waals surface area contributed by atoms with Gasteiger partial charge in [-0.2, -0.15) is 11.8 Å². The van der Waals surface area contributed by atoms with Gasteiger partial charge in [0, 0.05) is 40.6 Å². The summed E-state index contributed by atoms with van der Waals surface area (Å²) < 4.78 is 0. The number of aryl methyl sites for hydroxylation is 1. The molecule has 29 heavy (non-hydrogen) atoms. The van der Waals surface area contributed by atoms with Gasteiger partial charge >= 0.3 is 0 Å². The average Bonchev–Trinajstić information content (AvgIpc) is 2.69. The minimum atomic E-state index is 0.138. The van der Waals surface area contributed by atoms with Gasteiger partial charge < -0.3 is 5.32 Å². The number of hydrogen-bond acceptors (Lipinski definition) is 3. The first kappa shape index (κ1) is 22.5. The standard InChI is InChI=1S/C23H28Cl2N2OS/c1-17-3-2-4-18(13-17)15-27-10-7-19(8-11-27)23(28)26-9-12-29-16-20-5-6-21(24)14-22(20)25/h2-6,13-14,19H,7-12,15-16H2,1H3,(H,26,28). The zero-order chi connectivity index (χ0) is 20.6. The van der Waals surface area contributed by atoms with Gasteiger partial charge in [0.15, 0.2) is 0 Å². The summed E-state index contributed by atoms with van der Waals surface area (Å²) in [5.74, 6) is 2.03. The first-order chi connectivity index (χ1) is 14.0. The van der Waals surface area contributed by atoms with Crippen molar-refractivity contribution in [1.82, 2.24) is 10.2 Å². The number of carbonyl (C=O) groups is 1. The molecule has 0 radical (unpaired) electrons. The van der Waals surface area contributed by atoms with E-state index in [0.29, 0.717) is 16.6 Å². The third kappa shape index (κ3) is 7.21. The Morgan fingerprint density at radius 2 is 1.97 bits per heavy atom. The van der Waals surface area contributed by atoms with Crippen molar-refractivity contribution in [3.05, 3.63) is 69.2 Å². The predicted molar refractivity (Wildman–Crippen MR) is 125 cm³/mol. The SMILES string of the molecule is Cc1cccc(CN2CCC(C(=O)NCCSCc3ccc(Cl)cc3Cl)CC2)c1. The Labute approximate surface area is 188 Å². The van der Waals surface area contributed by atoms with E-state index in [1.165, 1.54) is 11.1 Å². The van der Waals surface area contributed by atoms with Crippen LogP contribution in [-0.2, 0) is 17.1 Å². The minimum absolute atomic E-state index is 0.138. The van der Waals surface area contributed by atoms with Crippen molar-refractivity contribution < 1.29 is 4.79 Å². The van der Waals surface area contributed by atoms with Crippen molar-refractivity contribution in [3.8, 4) is 0 Å². The van der Waals surface area contributed by atoms with Crippen molar-refractivity contribution >= 4 is 40.9 Å². The third-order valence-corrected chi connectivity index (χ3v) is 6.86. The van der Waals surface area contributed by atoms with Crippen LogP contribution in [0.3, 0.4) is 0 Å². The lowest BCUT2D eigenvalue weighted by Crippen LogP contribution is -2.40. The summed E-state index contributed by atoms with van der Waals surface area (Å²) >= 11 is 13.9. The molecule has 1 N–H and O–H groups in total. The molecule has 1 aliphatic rings. The molecule has 1 fully saturated rings. The first-order valence-corrected chi connectivity index (χ1v) is 12.0. The van der Waals surface area contributed by atoms with E-state index in [1.54, 1.807) is 17.8 Å². The largest absolute Gasteiger partial charge is 0.355 e. The van der Waals surface area contributed by atoms with Crippen molar-refractivity contribution in [2.24, 2.45) is 5.92 Å². The van der Waals surface area contributed by atoms with Crippen LogP contribution >= 0.6 is 35.0 Å². The number of carbonyl (C=O) groups excluding carboxylic acids is 1. The molecule has 0 aromatic heterocycles. The predicted octanol–water partition coefficient (Wildman–Crippen LogP) is 5.56. The minimum Gasteiger partial charge on any atom is -0.355 e. The molecule has 1 aliphatic heterocycles. The maximum absolute atomic E-state index is 12.5. The van der Waals surface area contributed by atoms with E-state index < -0.39 is 0 Å². The highest BCUT2D eigenvalue weighted by atomic mass is 35.5. The smallest absolute Gasteiger partial charge is 0.223 e. The molecule has 1 saturated heterocycles. The summed E-state index contributed by atoms with van der Waals surface area (Å²) in [4.78, 5) is 14.9. The Bertz CT molecular complexity index is 822. The highest BCUT2D eigenvalue weighted by Crippen LogP contribution is 2.24. The Morgan fingerprint density at radius 1 is 1.17 bits per heavy atom. The molecule has 2 aromatic rings. The summed E-state index contributed by atoms with van der Waals surface area (Å²) in [5, 5.41) is 4.46. The van der Waals surface area contributed by atoms with Crippen LogP contribution in [0.2, 0.25) is 10.0 Å². The second-order valence-electron chi connectivity index (χ2n) is 7.62. The van der Waals surface area contributed by atoms with Gasteiger partial charge in [0.25, 0.3) is 0 Å². The molecule has 2 aromatic carbocycles. The summed E-state index contributed by atoms with van der Waals surface area (Å²) in [7, 11) is 0. The molecular formula is C23H28Cl2N2OS. The van der Waals surface area contributed by atoms with E-state index in [0.717, 1.165) is 49.5 Å². The molecule has 156 valence electrons. The van der Waals surface area contributed by atoms with E-state index in [1.807, 2.05) is 12.1 Å². The van der Waals surface area contributed by atoms with Gasteiger partial charge in [-0.05, 0) is 56.1 Å². The molecule has 0 saturated carbocycles. The van der Waals surface area contributed by atoms with Crippen LogP contribution in [0.4, 0.5) is 0 Å². The van der Waals surface area contributed by atoms with Crippen LogP contribution in [0.25, 0.3) is 0 Å². The molecular weight excluding hydrogens is 423 g/mol. The fraction of sp³-hybridized carbons (Fsp3) is 0.435. The first-order valence-electron chi connectivity index (χ1n) is 10.1. The molecule has 1 amide bonds. The number of nitrogens with zero attached hydrogens (tertiary/aromatic N) is 1. The highest BCUT2D eigenvalue weighted by Gasteiger charge is 2.24. The quantitative estimate of drug-likeness (QED) is 0.533. The van der Waals surface area contributed by atoms with Crippen molar-refractivity contribution in [1.29, 1.82) is 0 Å². The monoisotopic (exact) mass is 450 g/mol. The fourth-order valence-electron chi connectivity index (χ4n) is 3.63. The van der Waals surface area contributed by atoms with E-state index in [9.17, 15) is 4.79 Å². The zero-order valence-corrected chi connectivity index (χ0v) is 19.1. The number of benzene rings is 2. The van der Waals surface area contributed by atoms with Crippen LogP contribution in [0.15, 0.2) is 42.5 Å². The number of likely N-dealkylation sites (tertiary alicyclic amines) is 1. The highest BCUT2D eigenvalue weighted by molar-refractivity contribution is 7.98. The zero-order valence-electron chi connectivity index (χ0n) is 16.8. The number of thioether (sulfide) groups is 1. The average molecular weight is 451 g/mol. The molecule has 3 rings (SSSR count). The van der Waals surface area contributed by atoms with E-state index in [2.05, 4.69) is 41.4 Å². The van der Waals surface area contributed by atoms with Gasteiger partial charge in [-0.25, -0.2) is 0 Å². The van der Waals surface area contributed by atoms with Gasteiger partial charge in [-0.15, -0.1) is 0 Å². The molecule has 0 unspecified atom stereocenters. The number of amides is 1. The molecule has 0 bridgehead atoms. The van der Waals surface area contributed by atoms with Crippen LogP contribution in [0.5, 0.6) is 0 Å². The topological polar surface area (TPSA) is 32.3 Å². The Balaban J connectivity index is 1.31. The van der Waals surface area contributed by atoms with Crippen molar-refractivity contribution in [2.45, 2.75) is 32.1 Å². The van der Waals surface area contributed by atoms with Gasteiger partial charge in [0.2, 0.25) is 5.91 Å². The Morgan fingerprint density at radius 3 is 2.69 bits per heavy atom. The lowest BCUT2D eigenvalue weighted by Gasteiger charge is -2.31. The van der Waals surface area contributed by atoms with Gasteiger partial charge in [-0.1, -0.05) is 59.1 Å². The molecule has 6 heteroatoms. The van der Waals surface area contributed by atoms with Crippen LogP contribution in [0, 0.1) is 12.8 Å². The maximum atomic E-state index is 12.5. The molecule has 3 nitrogen and oxygen atoms in total. The number of rotatable bonds is 8. The molecule has 0 aliphatic carbocycles. The number of piperidine rings is 1. The summed E-state index contributed by atoms with van der Waals surface area (Å²) in [6, 6.07) is 14.3. The van der Waals surface area contributed by atoms with E-state index in [-0.39, 0.29) is 11.8 Å². The summed E-state index contributed by atoms with van der Waals surface area (Å²) in [6.45, 7) is 5.76. The van der Waals surface area contributed by atoms with Gasteiger partial charge in [0.1, 0.15) is 0 Å². The lowest BCUT2D eigenvalue weighted by molar-refractivity contribution is -0.126. The molecule has 0 atom stereocenters. The molecule has 0 spiro atoms. The second kappa shape index (κ2) is 11.3. The summed E-state index contributed by atoms with van der Waals surface area (Å²) in [5.41, 5.74) is 3.73. The van der Waals surface area contributed by atoms with Crippen molar-refractivity contribution in [2.75, 3.05) is 25.4 Å². The van der Waals surface area contributed by atoms with E-state index in [4.69, 9.17) is 23.2 Å². The van der Waals surface area contributed by atoms with E-state index >= 15 is 0 Å². The van der Waals surface area contributed by atoms with Crippen molar-refractivity contribution in [3.63, 3.8) is 0 Å². The fourth-order valence-corrected chi connectivity index (χ4v) is 5.05. The van der Waals surface area contributed by atoms with Crippen LogP contribution in [0.1, 0.15) is 29.5 Å². The molecule has 1 heterocycles. The Hall–Kier alpha value is -1.20. The summed E-state index contributed by atoms with van der Waals surface area (Å²) in [6.07, 6.45) is 1.87. The Kier molecular flexibility index (Phi) is 8.73. The lowest BCUT2D eigenvalue weighted by atomic mass is 9.95. The number of halogens is 2. The van der Waals surface area contributed by atoms with Crippen LogP contribution < -0.4 is 5.32 Å². The van der Waals surface area contributed by atoms with Gasteiger partial charge in [0.05, 0.1) is 0 Å². The number of nitrogens with one attached hydrogen (secondary N) is 1. The second-order valence-corrected chi connectivity index (χ2v) is 9.57. The van der Waals surface area contributed by atoms with Gasteiger partial charge in [-0.3, -0.25) is 9.69 Å².